The zero-order chi connectivity index (χ0) is 18.1. The van der Waals surface area contributed by atoms with Gasteiger partial charge in [-0.1, -0.05) is 11.8 Å². The Morgan fingerprint density at radius 3 is 2.64 bits per heavy atom. The van der Waals surface area contributed by atoms with Crippen LogP contribution in [0.5, 0.6) is 0 Å². The molecule has 1 N–H and O–H groups in total. The van der Waals surface area contributed by atoms with Crippen LogP contribution in [0.4, 0.5) is 11.4 Å². The zero-order valence-corrected chi connectivity index (χ0v) is 15.7. The molecule has 1 aromatic heterocycles. The summed E-state index contributed by atoms with van der Waals surface area (Å²) in [5, 5.41) is 3.62. The summed E-state index contributed by atoms with van der Waals surface area (Å²) in [7, 11) is 3.94. The van der Waals surface area contributed by atoms with Gasteiger partial charge >= 0.3 is 0 Å². The van der Waals surface area contributed by atoms with E-state index in [0.29, 0.717) is 16.5 Å². The van der Waals surface area contributed by atoms with Crippen LogP contribution in [0.2, 0.25) is 0 Å². The number of anilines is 2. The largest absolute Gasteiger partial charge is 0.378 e. The summed E-state index contributed by atoms with van der Waals surface area (Å²) in [5.74, 6) is 0.596. The summed E-state index contributed by atoms with van der Waals surface area (Å²) < 4.78 is 1.67. The second kappa shape index (κ2) is 6.92. The van der Waals surface area contributed by atoms with E-state index in [1.54, 1.807) is 11.5 Å². The minimum atomic E-state index is -0.152. The van der Waals surface area contributed by atoms with Crippen LogP contribution >= 0.6 is 11.8 Å². The summed E-state index contributed by atoms with van der Waals surface area (Å²) in [5.41, 5.74) is 3.20. The Labute approximate surface area is 151 Å². The van der Waals surface area contributed by atoms with Crippen molar-refractivity contribution in [1.29, 1.82) is 0 Å². The zero-order valence-electron chi connectivity index (χ0n) is 14.9. The molecule has 0 saturated heterocycles. The Morgan fingerprint density at radius 1 is 1.32 bits per heavy atom. The second-order valence-electron chi connectivity index (χ2n) is 6.44. The molecule has 25 heavy (non-hydrogen) atoms. The van der Waals surface area contributed by atoms with Gasteiger partial charge < -0.3 is 10.2 Å². The first-order valence-electron chi connectivity index (χ1n) is 8.16. The molecule has 1 aromatic carbocycles. The molecule has 7 heteroatoms. The minimum Gasteiger partial charge on any atom is -0.378 e. The third kappa shape index (κ3) is 3.56. The molecule has 0 fully saturated rings. The fourth-order valence-corrected chi connectivity index (χ4v) is 3.97. The van der Waals surface area contributed by atoms with Crippen molar-refractivity contribution in [3.8, 4) is 0 Å². The molecular formula is C18H22N4O2S. The Kier molecular flexibility index (Phi) is 4.85. The van der Waals surface area contributed by atoms with Crippen LogP contribution < -0.4 is 15.8 Å². The predicted molar refractivity (Wildman–Crippen MR) is 102 cm³/mol. The normalized spacial score (nSPS) is 15.8. The summed E-state index contributed by atoms with van der Waals surface area (Å²) >= 11 is 1.53. The first kappa shape index (κ1) is 17.5. The Bertz CT molecular complexity index is 859. The number of carbonyl (C=O) groups excluding carboxylic acids is 1. The van der Waals surface area contributed by atoms with Crippen LogP contribution in [0.25, 0.3) is 0 Å². The number of carbonyl (C=O) groups is 1. The van der Waals surface area contributed by atoms with E-state index in [4.69, 9.17) is 0 Å². The van der Waals surface area contributed by atoms with E-state index in [9.17, 15) is 9.59 Å². The van der Waals surface area contributed by atoms with E-state index in [2.05, 4.69) is 10.3 Å². The van der Waals surface area contributed by atoms with Crippen molar-refractivity contribution < 1.29 is 4.79 Å². The number of hydrogen-bond acceptors (Lipinski definition) is 5. The lowest BCUT2D eigenvalue weighted by molar-refractivity contribution is -0.116. The first-order valence-corrected chi connectivity index (χ1v) is 9.15. The van der Waals surface area contributed by atoms with Crippen molar-refractivity contribution in [1.82, 2.24) is 9.55 Å². The van der Waals surface area contributed by atoms with E-state index in [-0.39, 0.29) is 23.9 Å². The van der Waals surface area contributed by atoms with Gasteiger partial charge in [-0.25, -0.2) is 4.98 Å². The number of fused-ring (bicyclic) bond motifs is 1. The van der Waals surface area contributed by atoms with E-state index in [1.165, 1.54) is 11.8 Å². The first-order chi connectivity index (χ1) is 11.9. The van der Waals surface area contributed by atoms with Gasteiger partial charge in [0.2, 0.25) is 5.91 Å². The fourth-order valence-electron chi connectivity index (χ4n) is 2.79. The molecule has 0 radical (unpaired) electrons. The summed E-state index contributed by atoms with van der Waals surface area (Å²) in [6.07, 6.45) is 0.263. The molecule has 0 saturated carbocycles. The number of thioether (sulfide) groups is 1. The lowest BCUT2D eigenvalue weighted by Crippen LogP contribution is -2.29. The van der Waals surface area contributed by atoms with Gasteiger partial charge in [-0.05, 0) is 38.1 Å². The quantitative estimate of drug-likeness (QED) is 0.851. The molecule has 2 heterocycles. The molecule has 1 unspecified atom stereocenters. The smallest absolute Gasteiger partial charge is 0.257 e. The maximum atomic E-state index is 12.5. The molecule has 0 spiro atoms. The average molecular weight is 358 g/mol. The van der Waals surface area contributed by atoms with E-state index < -0.39 is 0 Å². The molecule has 2 aromatic rings. The molecule has 3 rings (SSSR count). The van der Waals surface area contributed by atoms with Crippen molar-refractivity contribution in [3.05, 3.63) is 45.9 Å². The molecule has 132 valence electrons. The van der Waals surface area contributed by atoms with Gasteiger partial charge in [-0.3, -0.25) is 14.2 Å². The van der Waals surface area contributed by atoms with Gasteiger partial charge in [-0.2, -0.15) is 0 Å². The molecule has 1 aliphatic heterocycles. The number of nitrogens with one attached hydrogen (secondary N) is 1. The number of hydrogen-bond donors (Lipinski definition) is 1. The van der Waals surface area contributed by atoms with E-state index in [1.807, 2.05) is 50.2 Å². The Morgan fingerprint density at radius 2 is 2.00 bits per heavy atom. The van der Waals surface area contributed by atoms with Gasteiger partial charge in [0, 0.05) is 48.9 Å². The standard InChI is InChI=1S/C18H22N4O2S/c1-11-12(2)19-18-22(17(11)24)15(10-25-18)9-16(23)20-13-5-7-14(8-6-13)21(3)4/h5-8,15H,9-10H2,1-4H3,(H,20,23). The lowest BCUT2D eigenvalue weighted by atomic mass is 10.2. The number of aromatic nitrogens is 2. The number of rotatable bonds is 4. The summed E-state index contributed by atoms with van der Waals surface area (Å²) in [6, 6.07) is 7.52. The van der Waals surface area contributed by atoms with Crippen LogP contribution in [0.1, 0.15) is 23.7 Å². The highest BCUT2D eigenvalue weighted by atomic mass is 32.2. The van der Waals surface area contributed by atoms with Crippen molar-refractivity contribution in [2.75, 3.05) is 30.1 Å². The number of aryl methyl sites for hydroxylation is 1. The minimum absolute atomic E-state index is 0.0411. The lowest BCUT2D eigenvalue weighted by Gasteiger charge is -2.15. The van der Waals surface area contributed by atoms with Crippen molar-refractivity contribution in [3.63, 3.8) is 0 Å². The third-order valence-electron chi connectivity index (χ3n) is 4.41. The van der Waals surface area contributed by atoms with Crippen LogP contribution in [0.3, 0.4) is 0 Å². The maximum Gasteiger partial charge on any atom is 0.257 e. The van der Waals surface area contributed by atoms with Gasteiger partial charge in [-0.15, -0.1) is 0 Å². The molecule has 6 nitrogen and oxygen atoms in total. The summed E-state index contributed by atoms with van der Waals surface area (Å²) in [6.45, 7) is 3.62. The molecule has 1 aliphatic rings. The van der Waals surface area contributed by atoms with Crippen molar-refractivity contribution >= 4 is 29.0 Å². The highest BCUT2D eigenvalue weighted by Gasteiger charge is 2.28. The molecule has 1 atom stereocenters. The van der Waals surface area contributed by atoms with Gasteiger partial charge in [0.25, 0.3) is 5.56 Å². The topological polar surface area (TPSA) is 67.2 Å². The highest BCUT2D eigenvalue weighted by Crippen LogP contribution is 2.32. The fraction of sp³-hybridized carbons (Fsp3) is 0.389. The van der Waals surface area contributed by atoms with Gasteiger partial charge in [0.1, 0.15) is 0 Å². The maximum absolute atomic E-state index is 12.5. The van der Waals surface area contributed by atoms with E-state index >= 15 is 0 Å². The number of nitrogens with zero attached hydrogens (tertiary/aromatic N) is 3. The highest BCUT2D eigenvalue weighted by molar-refractivity contribution is 7.99. The summed E-state index contributed by atoms with van der Waals surface area (Å²) in [4.78, 5) is 31.4. The van der Waals surface area contributed by atoms with Gasteiger partial charge in [0.15, 0.2) is 5.16 Å². The molecule has 0 bridgehead atoms. The number of amides is 1. The Hall–Kier alpha value is -2.28. The SMILES string of the molecule is Cc1nc2n(c(=O)c1C)C(CC(=O)Nc1ccc(N(C)C)cc1)CS2. The van der Waals surface area contributed by atoms with Crippen molar-refractivity contribution in [2.45, 2.75) is 31.5 Å². The van der Waals surface area contributed by atoms with Crippen molar-refractivity contribution in [2.24, 2.45) is 0 Å². The average Bonchev–Trinajstić information content (AvgIpc) is 2.95. The second-order valence-corrected chi connectivity index (χ2v) is 7.43. The predicted octanol–water partition coefficient (Wildman–Crippen LogP) is 2.60. The molecule has 1 amide bonds. The third-order valence-corrected chi connectivity index (χ3v) is 5.51. The van der Waals surface area contributed by atoms with E-state index in [0.717, 1.165) is 17.1 Å². The van der Waals surface area contributed by atoms with Crippen LogP contribution in [0, 0.1) is 13.8 Å². The molecular weight excluding hydrogens is 336 g/mol. The Balaban J connectivity index is 1.71. The molecule has 0 aliphatic carbocycles. The van der Waals surface area contributed by atoms with Crippen LogP contribution in [-0.4, -0.2) is 35.3 Å². The van der Waals surface area contributed by atoms with Crippen LogP contribution in [0.15, 0.2) is 34.2 Å². The van der Waals surface area contributed by atoms with Gasteiger partial charge in [0.05, 0.1) is 6.04 Å². The van der Waals surface area contributed by atoms with Crippen LogP contribution in [-0.2, 0) is 4.79 Å². The number of benzene rings is 1. The monoisotopic (exact) mass is 358 g/mol.